The number of amides is 1. The van der Waals surface area contributed by atoms with Gasteiger partial charge in [-0.25, -0.2) is 5.01 Å². The van der Waals surface area contributed by atoms with Crippen molar-refractivity contribution >= 4 is 36.7 Å². The highest BCUT2D eigenvalue weighted by molar-refractivity contribution is 6.02. The summed E-state index contributed by atoms with van der Waals surface area (Å²) in [5.41, 5.74) is 8.69. The summed E-state index contributed by atoms with van der Waals surface area (Å²) in [4.78, 5) is 15.2. The van der Waals surface area contributed by atoms with Gasteiger partial charge in [0, 0.05) is 19.7 Å². The summed E-state index contributed by atoms with van der Waals surface area (Å²) in [7, 11) is 3.52. The van der Waals surface area contributed by atoms with E-state index in [1.54, 1.807) is 43.4 Å². The van der Waals surface area contributed by atoms with Gasteiger partial charge in [-0.3, -0.25) is 10.2 Å². The standard InChI is InChI=1S/C10H14N4O.2ClH/c1-14(2)13-10(11)12-9(15)8-6-4-3-5-7-8;;/h3-7H,1-2H3,(H3,11,12,13,15);2*1H. The lowest BCUT2D eigenvalue weighted by Crippen LogP contribution is -2.41. The summed E-state index contributed by atoms with van der Waals surface area (Å²) >= 11 is 0. The van der Waals surface area contributed by atoms with Gasteiger partial charge < -0.3 is 5.73 Å². The van der Waals surface area contributed by atoms with Crippen LogP contribution in [-0.4, -0.2) is 31.0 Å². The molecule has 0 spiro atoms. The number of hydrogen-bond donors (Lipinski definition) is 2. The van der Waals surface area contributed by atoms with Gasteiger partial charge in [-0.15, -0.1) is 24.8 Å². The number of rotatable bonds is 2. The van der Waals surface area contributed by atoms with Gasteiger partial charge in [0.15, 0.2) is 0 Å². The summed E-state index contributed by atoms with van der Waals surface area (Å²) < 4.78 is 0. The molecule has 1 amide bonds. The molecule has 1 aromatic carbocycles. The Kier molecular flexibility index (Phi) is 9.36. The van der Waals surface area contributed by atoms with Gasteiger partial charge in [0.1, 0.15) is 0 Å². The normalized spacial score (nSPS) is 10.2. The zero-order valence-electron chi connectivity index (χ0n) is 9.58. The average molecular weight is 279 g/mol. The molecule has 0 aromatic heterocycles. The molecule has 1 aromatic rings. The van der Waals surface area contributed by atoms with E-state index in [-0.39, 0.29) is 36.7 Å². The van der Waals surface area contributed by atoms with Crippen molar-refractivity contribution in [3.63, 3.8) is 0 Å². The van der Waals surface area contributed by atoms with Crippen LogP contribution in [0.1, 0.15) is 10.4 Å². The average Bonchev–Trinajstić information content (AvgIpc) is 2.17. The monoisotopic (exact) mass is 278 g/mol. The molecule has 5 nitrogen and oxygen atoms in total. The molecule has 7 heteroatoms. The van der Waals surface area contributed by atoms with Gasteiger partial charge in [-0.2, -0.15) is 4.99 Å². The van der Waals surface area contributed by atoms with E-state index >= 15 is 0 Å². The van der Waals surface area contributed by atoms with Crippen LogP contribution < -0.4 is 11.2 Å². The molecule has 0 radical (unpaired) electrons. The minimum absolute atomic E-state index is 0. The van der Waals surface area contributed by atoms with Crippen LogP contribution in [0.4, 0.5) is 0 Å². The molecule has 0 fully saturated rings. The maximum atomic E-state index is 11.5. The Hall–Kier alpha value is -1.30. The molecular formula is C10H16Cl2N4O. The minimum atomic E-state index is -0.359. The van der Waals surface area contributed by atoms with Gasteiger partial charge in [0.25, 0.3) is 5.91 Å². The molecule has 0 heterocycles. The number of carbonyl (C=O) groups excluding carboxylic acids is 1. The highest BCUT2D eigenvalue weighted by Crippen LogP contribution is 1.99. The predicted molar refractivity (Wildman–Crippen MR) is 73.7 cm³/mol. The van der Waals surface area contributed by atoms with Crippen LogP contribution in [0.5, 0.6) is 0 Å². The molecule has 0 aliphatic carbocycles. The Morgan fingerprint density at radius 1 is 1.24 bits per heavy atom. The Morgan fingerprint density at radius 2 is 1.76 bits per heavy atom. The van der Waals surface area contributed by atoms with Crippen molar-refractivity contribution in [1.82, 2.24) is 10.4 Å². The fraction of sp³-hybridized carbons (Fsp3) is 0.200. The lowest BCUT2D eigenvalue weighted by Gasteiger charge is -2.11. The fourth-order valence-electron chi connectivity index (χ4n) is 1.01. The van der Waals surface area contributed by atoms with Crippen LogP contribution in [0.2, 0.25) is 0 Å². The van der Waals surface area contributed by atoms with Gasteiger partial charge in [0.2, 0.25) is 5.96 Å². The van der Waals surface area contributed by atoms with E-state index in [1.807, 2.05) is 6.07 Å². The Balaban J connectivity index is 0. The van der Waals surface area contributed by atoms with Gasteiger partial charge in [-0.05, 0) is 12.1 Å². The fourth-order valence-corrected chi connectivity index (χ4v) is 1.01. The maximum absolute atomic E-state index is 11.5. The quantitative estimate of drug-likeness (QED) is 0.482. The van der Waals surface area contributed by atoms with Crippen LogP contribution in [0, 0.1) is 0 Å². The van der Waals surface area contributed by atoms with Crippen LogP contribution in [0.15, 0.2) is 35.3 Å². The van der Waals surface area contributed by atoms with E-state index in [0.29, 0.717) is 5.56 Å². The molecule has 0 aliphatic heterocycles. The zero-order chi connectivity index (χ0) is 11.3. The summed E-state index contributed by atoms with van der Waals surface area (Å²) in [5.74, 6) is -0.281. The number of benzene rings is 1. The summed E-state index contributed by atoms with van der Waals surface area (Å²) in [6.45, 7) is 0. The van der Waals surface area contributed by atoms with E-state index in [0.717, 1.165) is 0 Å². The Bertz CT molecular complexity index is 368. The van der Waals surface area contributed by atoms with Crippen molar-refractivity contribution in [2.75, 3.05) is 14.1 Å². The molecular weight excluding hydrogens is 263 g/mol. The summed E-state index contributed by atoms with van der Waals surface area (Å²) in [6, 6.07) is 8.77. The molecule has 17 heavy (non-hydrogen) atoms. The van der Waals surface area contributed by atoms with Crippen molar-refractivity contribution in [2.24, 2.45) is 10.7 Å². The Morgan fingerprint density at radius 3 is 2.24 bits per heavy atom. The van der Waals surface area contributed by atoms with E-state index < -0.39 is 0 Å². The number of aliphatic imine (C=N–C) groups is 1. The minimum Gasteiger partial charge on any atom is -0.368 e. The Labute approximate surface area is 113 Å². The SMILES string of the molecule is CN(C)NC(N)=NC(=O)c1ccccc1.Cl.Cl. The van der Waals surface area contributed by atoms with Crippen LogP contribution in [-0.2, 0) is 0 Å². The molecule has 0 unspecified atom stereocenters. The van der Waals surface area contributed by atoms with Crippen LogP contribution in [0.25, 0.3) is 0 Å². The van der Waals surface area contributed by atoms with Crippen molar-refractivity contribution in [2.45, 2.75) is 0 Å². The third-order valence-electron chi connectivity index (χ3n) is 1.58. The van der Waals surface area contributed by atoms with E-state index in [1.165, 1.54) is 0 Å². The highest BCUT2D eigenvalue weighted by Gasteiger charge is 2.03. The first-order chi connectivity index (χ1) is 7.09. The summed E-state index contributed by atoms with van der Waals surface area (Å²) in [6.07, 6.45) is 0. The molecule has 0 atom stereocenters. The second-order valence-corrected chi connectivity index (χ2v) is 3.17. The van der Waals surface area contributed by atoms with Gasteiger partial charge >= 0.3 is 0 Å². The molecule has 0 saturated heterocycles. The predicted octanol–water partition coefficient (Wildman–Crippen LogP) is 1.05. The van der Waals surface area contributed by atoms with Crippen molar-refractivity contribution < 1.29 is 4.79 Å². The number of guanidine groups is 1. The van der Waals surface area contributed by atoms with E-state index in [9.17, 15) is 4.79 Å². The van der Waals surface area contributed by atoms with E-state index in [2.05, 4.69) is 10.4 Å². The first-order valence-electron chi connectivity index (χ1n) is 4.47. The number of carbonyl (C=O) groups is 1. The third-order valence-corrected chi connectivity index (χ3v) is 1.58. The second-order valence-electron chi connectivity index (χ2n) is 3.17. The maximum Gasteiger partial charge on any atom is 0.280 e. The topological polar surface area (TPSA) is 70.7 Å². The van der Waals surface area contributed by atoms with E-state index in [4.69, 9.17) is 5.73 Å². The lowest BCUT2D eigenvalue weighted by atomic mass is 10.2. The van der Waals surface area contributed by atoms with Crippen molar-refractivity contribution in [1.29, 1.82) is 0 Å². The highest BCUT2D eigenvalue weighted by atomic mass is 35.5. The number of nitrogens with zero attached hydrogens (tertiary/aromatic N) is 2. The number of nitrogens with two attached hydrogens (primary N) is 1. The summed E-state index contributed by atoms with van der Waals surface area (Å²) in [5, 5.41) is 1.61. The smallest absolute Gasteiger partial charge is 0.280 e. The second kappa shape index (κ2) is 8.81. The molecule has 96 valence electrons. The molecule has 3 N–H and O–H groups in total. The first kappa shape index (κ1) is 18.1. The van der Waals surface area contributed by atoms with Crippen molar-refractivity contribution in [3.8, 4) is 0 Å². The molecule has 0 saturated carbocycles. The molecule has 1 rings (SSSR count). The zero-order valence-corrected chi connectivity index (χ0v) is 11.2. The largest absolute Gasteiger partial charge is 0.368 e. The first-order valence-corrected chi connectivity index (χ1v) is 4.47. The number of halogens is 2. The van der Waals surface area contributed by atoms with Crippen LogP contribution in [0.3, 0.4) is 0 Å². The number of nitrogens with one attached hydrogen (secondary N) is 1. The lowest BCUT2D eigenvalue weighted by molar-refractivity contribution is 0.100. The molecule has 0 bridgehead atoms. The number of hydrogen-bond acceptors (Lipinski definition) is 2. The number of hydrazine groups is 1. The van der Waals surface area contributed by atoms with Gasteiger partial charge in [-0.1, -0.05) is 18.2 Å². The van der Waals surface area contributed by atoms with Crippen LogP contribution >= 0.6 is 24.8 Å². The van der Waals surface area contributed by atoms with Gasteiger partial charge in [0.05, 0.1) is 0 Å². The third kappa shape index (κ3) is 6.78. The molecule has 0 aliphatic rings. The van der Waals surface area contributed by atoms with Crippen molar-refractivity contribution in [3.05, 3.63) is 35.9 Å².